The third-order valence-electron chi connectivity index (χ3n) is 2.82. The van der Waals surface area contributed by atoms with Crippen LogP contribution in [-0.4, -0.2) is 11.1 Å². The van der Waals surface area contributed by atoms with Crippen LogP contribution in [0.1, 0.15) is 43.2 Å². The highest BCUT2D eigenvalue weighted by molar-refractivity contribution is 5.66. The first kappa shape index (κ1) is 14.5. The summed E-state index contributed by atoms with van der Waals surface area (Å²) in [7, 11) is 0. The molecule has 18 heavy (non-hydrogen) atoms. The van der Waals surface area contributed by atoms with Crippen LogP contribution in [0.15, 0.2) is 24.3 Å². The zero-order valence-corrected chi connectivity index (χ0v) is 10.00. The van der Waals surface area contributed by atoms with E-state index in [0.717, 1.165) is 6.07 Å². The molecular formula is C13H15F3O2. The smallest absolute Gasteiger partial charge is 0.416 e. The standard InChI is InChI=1S/C13H15F3O2/c1-9(5-4-8-12(17)18)10-6-2-3-7-11(10)13(14,15)16/h2-3,6-7,9H,4-5,8H2,1H3,(H,17,18). The molecule has 1 unspecified atom stereocenters. The number of hydrogen-bond donors (Lipinski definition) is 1. The first-order chi connectivity index (χ1) is 8.32. The van der Waals surface area contributed by atoms with Gasteiger partial charge < -0.3 is 5.11 Å². The number of carbonyl (C=O) groups is 1. The summed E-state index contributed by atoms with van der Waals surface area (Å²) in [5.74, 6) is -1.23. The zero-order valence-electron chi connectivity index (χ0n) is 10.00. The molecule has 1 aromatic rings. The van der Waals surface area contributed by atoms with Gasteiger partial charge in [0.05, 0.1) is 5.56 Å². The van der Waals surface area contributed by atoms with Crippen LogP contribution in [0, 0.1) is 0 Å². The Hall–Kier alpha value is -1.52. The Morgan fingerprint density at radius 2 is 1.94 bits per heavy atom. The second kappa shape index (κ2) is 5.89. The van der Waals surface area contributed by atoms with Crippen LogP contribution in [0.25, 0.3) is 0 Å². The lowest BCUT2D eigenvalue weighted by Crippen LogP contribution is -2.11. The highest BCUT2D eigenvalue weighted by Crippen LogP contribution is 2.36. The maximum absolute atomic E-state index is 12.8. The largest absolute Gasteiger partial charge is 0.481 e. The number of halogens is 3. The van der Waals surface area contributed by atoms with E-state index < -0.39 is 17.7 Å². The number of alkyl halides is 3. The fourth-order valence-electron chi connectivity index (χ4n) is 1.90. The number of rotatable bonds is 5. The summed E-state index contributed by atoms with van der Waals surface area (Å²) in [4.78, 5) is 10.4. The Labute approximate surface area is 103 Å². The molecule has 0 saturated carbocycles. The zero-order chi connectivity index (χ0) is 13.8. The van der Waals surface area contributed by atoms with E-state index in [1.54, 1.807) is 13.0 Å². The lowest BCUT2D eigenvalue weighted by atomic mass is 9.91. The molecule has 0 aliphatic carbocycles. The van der Waals surface area contributed by atoms with Gasteiger partial charge in [-0.3, -0.25) is 4.79 Å². The van der Waals surface area contributed by atoms with Crippen LogP contribution >= 0.6 is 0 Å². The quantitative estimate of drug-likeness (QED) is 0.866. The third kappa shape index (κ3) is 4.05. The van der Waals surface area contributed by atoms with E-state index in [1.807, 2.05) is 0 Å². The van der Waals surface area contributed by atoms with E-state index in [4.69, 9.17) is 5.11 Å². The summed E-state index contributed by atoms with van der Waals surface area (Å²) in [5, 5.41) is 8.50. The SMILES string of the molecule is CC(CCCC(=O)O)c1ccccc1C(F)(F)F. The molecule has 0 heterocycles. The van der Waals surface area contributed by atoms with E-state index in [1.165, 1.54) is 12.1 Å². The summed E-state index contributed by atoms with van der Waals surface area (Å²) >= 11 is 0. The van der Waals surface area contributed by atoms with Crippen molar-refractivity contribution < 1.29 is 23.1 Å². The van der Waals surface area contributed by atoms with Crippen molar-refractivity contribution in [3.05, 3.63) is 35.4 Å². The fourth-order valence-corrected chi connectivity index (χ4v) is 1.90. The van der Waals surface area contributed by atoms with Crippen molar-refractivity contribution in [2.24, 2.45) is 0 Å². The minimum absolute atomic E-state index is 0.0154. The van der Waals surface area contributed by atoms with Crippen molar-refractivity contribution in [3.8, 4) is 0 Å². The van der Waals surface area contributed by atoms with E-state index >= 15 is 0 Å². The predicted molar refractivity (Wildman–Crippen MR) is 61.3 cm³/mol. The summed E-state index contributed by atoms with van der Waals surface area (Å²) in [6.45, 7) is 1.69. The average Bonchev–Trinajstić information content (AvgIpc) is 2.27. The van der Waals surface area contributed by atoms with E-state index in [0.29, 0.717) is 12.8 Å². The minimum atomic E-state index is -4.36. The Balaban J connectivity index is 2.79. The van der Waals surface area contributed by atoms with E-state index in [-0.39, 0.29) is 17.9 Å². The van der Waals surface area contributed by atoms with Gasteiger partial charge in [0, 0.05) is 6.42 Å². The summed E-state index contributed by atoms with van der Waals surface area (Å²) in [6.07, 6.45) is -3.57. The van der Waals surface area contributed by atoms with Crippen LogP contribution in [-0.2, 0) is 11.0 Å². The maximum atomic E-state index is 12.8. The number of benzene rings is 1. The molecule has 0 aromatic heterocycles. The van der Waals surface area contributed by atoms with Gasteiger partial charge in [0.15, 0.2) is 0 Å². The lowest BCUT2D eigenvalue weighted by molar-refractivity contribution is -0.139. The van der Waals surface area contributed by atoms with Gasteiger partial charge in [0.2, 0.25) is 0 Å². The van der Waals surface area contributed by atoms with Crippen molar-refractivity contribution >= 4 is 5.97 Å². The topological polar surface area (TPSA) is 37.3 Å². The molecule has 1 N–H and O–H groups in total. The van der Waals surface area contributed by atoms with Gasteiger partial charge in [-0.05, 0) is 30.4 Å². The Kier molecular flexibility index (Phi) is 4.76. The minimum Gasteiger partial charge on any atom is -0.481 e. The molecule has 0 aliphatic heterocycles. The molecule has 0 amide bonds. The number of carboxylic acids is 1. The second-order valence-corrected chi connectivity index (χ2v) is 4.27. The number of hydrogen-bond acceptors (Lipinski definition) is 1. The summed E-state index contributed by atoms with van der Waals surface area (Å²) < 4.78 is 38.3. The lowest BCUT2D eigenvalue weighted by Gasteiger charge is -2.17. The van der Waals surface area contributed by atoms with Gasteiger partial charge >= 0.3 is 12.1 Å². The molecule has 0 radical (unpaired) electrons. The monoisotopic (exact) mass is 260 g/mol. The Morgan fingerprint density at radius 3 is 2.50 bits per heavy atom. The van der Waals surface area contributed by atoms with Gasteiger partial charge in [-0.25, -0.2) is 0 Å². The van der Waals surface area contributed by atoms with Gasteiger partial charge in [0.1, 0.15) is 0 Å². The molecule has 1 atom stereocenters. The molecule has 100 valence electrons. The number of carboxylic acid groups (broad SMARTS) is 1. The van der Waals surface area contributed by atoms with Crippen LogP contribution < -0.4 is 0 Å². The molecule has 0 bridgehead atoms. The van der Waals surface area contributed by atoms with Crippen molar-refractivity contribution in [1.82, 2.24) is 0 Å². The normalized spacial score (nSPS) is 13.3. The van der Waals surface area contributed by atoms with Crippen LogP contribution in [0.4, 0.5) is 13.2 Å². The van der Waals surface area contributed by atoms with Crippen LogP contribution in [0.5, 0.6) is 0 Å². The third-order valence-corrected chi connectivity index (χ3v) is 2.82. The van der Waals surface area contributed by atoms with Crippen molar-refractivity contribution in [2.45, 2.75) is 38.3 Å². The van der Waals surface area contributed by atoms with Gasteiger partial charge in [0.25, 0.3) is 0 Å². The van der Waals surface area contributed by atoms with Gasteiger partial charge in [-0.2, -0.15) is 13.2 Å². The van der Waals surface area contributed by atoms with Gasteiger partial charge in [-0.1, -0.05) is 25.1 Å². The molecule has 1 aromatic carbocycles. The molecule has 0 spiro atoms. The number of aliphatic carboxylic acids is 1. The maximum Gasteiger partial charge on any atom is 0.416 e. The molecular weight excluding hydrogens is 245 g/mol. The first-order valence-electron chi connectivity index (χ1n) is 5.70. The molecule has 1 rings (SSSR count). The molecule has 0 fully saturated rings. The summed E-state index contributed by atoms with van der Waals surface area (Å²) in [6, 6.07) is 5.44. The molecule has 0 saturated heterocycles. The Morgan fingerprint density at radius 1 is 1.33 bits per heavy atom. The highest BCUT2D eigenvalue weighted by atomic mass is 19.4. The van der Waals surface area contributed by atoms with Crippen molar-refractivity contribution in [1.29, 1.82) is 0 Å². The van der Waals surface area contributed by atoms with E-state index in [2.05, 4.69) is 0 Å². The molecule has 2 nitrogen and oxygen atoms in total. The van der Waals surface area contributed by atoms with Crippen molar-refractivity contribution in [2.75, 3.05) is 0 Å². The Bertz CT molecular complexity index is 413. The molecule has 0 aliphatic rings. The predicted octanol–water partition coefficient (Wildman–Crippen LogP) is 4.06. The van der Waals surface area contributed by atoms with Gasteiger partial charge in [-0.15, -0.1) is 0 Å². The summed E-state index contributed by atoms with van der Waals surface area (Å²) in [5.41, 5.74) is -0.400. The molecule has 5 heteroatoms. The average molecular weight is 260 g/mol. The van der Waals surface area contributed by atoms with E-state index in [9.17, 15) is 18.0 Å². The van der Waals surface area contributed by atoms with Crippen molar-refractivity contribution in [3.63, 3.8) is 0 Å². The first-order valence-corrected chi connectivity index (χ1v) is 5.70. The van der Waals surface area contributed by atoms with Crippen LogP contribution in [0.3, 0.4) is 0 Å². The second-order valence-electron chi connectivity index (χ2n) is 4.27. The van der Waals surface area contributed by atoms with Crippen LogP contribution in [0.2, 0.25) is 0 Å². The fraction of sp³-hybridized carbons (Fsp3) is 0.462. The highest BCUT2D eigenvalue weighted by Gasteiger charge is 2.33.